The average Bonchev–Trinajstić information content (AvgIpc) is 2.52. The van der Waals surface area contributed by atoms with Gasteiger partial charge in [0, 0.05) is 12.5 Å². The Morgan fingerprint density at radius 2 is 2.00 bits per heavy atom. The predicted octanol–water partition coefficient (Wildman–Crippen LogP) is 2.67. The van der Waals surface area contributed by atoms with Crippen molar-refractivity contribution in [2.75, 3.05) is 27.3 Å². The van der Waals surface area contributed by atoms with Gasteiger partial charge in [0.25, 0.3) is 0 Å². The van der Waals surface area contributed by atoms with Gasteiger partial charge in [-0.2, -0.15) is 0 Å². The fraction of sp³-hybridized carbons (Fsp3) is 0.562. The van der Waals surface area contributed by atoms with E-state index in [2.05, 4.69) is 5.32 Å². The largest absolute Gasteiger partial charge is 0.497 e. The summed E-state index contributed by atoms with van der Waals surface area (Å²) in [5, 5.41) is 3.35. The molecule has 1 aromatic rings. The number of carbonyl (C=O) groups is 1. The zero-order valence-electron chi connectivity index (χ0n) is 12.3. The van der Waals surface area contributed by atoms with Gasteiger partial charge < -0.3 is 14.8 Å². The van der Waals surface area contributed by atoms with Crippen molar-refractivity contribution >= 4 is 5.78 Å². The molecule has 0 aliphatic carbocycles. The number of ether oxygens (including phenoxy) is 2. The van der Waals surface area contributed by atoms with E-state index < -0.39 is 0 Å². The highest BCUT2D eigenvalue weighted by Gasteiger charge is 2.17. The smallest absolute Gasteiger partial charge is 0.166 e. The van der Waals surface area contributed by atoms with Crippen LogP contribution in [0.2, 0.25) is 0 Å². The molecule has 1 aromatic carbocycles. The summed E-state index contributed by atoms with van der Waals surface area (Å²) in [4.78, 5) is 12.3. The molecule has 2 rings (SSSR count). The van der Waals surface area contributed by atoms with Gasteiger partial charge in [0.05, 0.1) is 19.8 Å². The Balaban J connectivity index is 1.97. The Morgan fingerprint density at radius 1 is 1.25 bits per heavy atom. The number of carbonyl (C=O) groups excluding carboxylic acids is 1. The van der Waals surface area contributed by atoms with E-state index in [1.807, 2.05) is 0 Å². The number of nitrogens with one attached hydrogen (secondary N) is 1. The zero-order valence-corrected chi connectivity index (χ0v) is 12.3. The van der Waals surface area contributed by atoms with Crippen molar-refractivity contribution in [1.29, 1.82) is 0 Å². The molecule has 0 spiro atoms. The average molecular weight is 277 g/mol. The van der Waals surface area contributed by atoms with Gasteiger partial charge in [-0.05, 0) is 50.4 Å². The summed E-state index contributed by atoms with van der Waals surface area (Å²) in [6.07, 6.45) is 3.91. The summed E-state index contributed by atoms with van der Waals surface area (Å²) in [7, 11) is 3.19. The third kappa shape index (κ3) is 3.73. The van der Waals surface area contributed by atoms with Crippen LogP contribution in [0.25, 0.3) is 0 Å². The summed E-state index contributed by atoms with van der Waals surface area (Å²) < 4.78 is 10.4. The van der Waals surface area contributed by atoms with Crippen molar-refractivity contribution in [3.8, 4) is 11.5 Å². The first kappa shape index (κ1) is 14.9. The number of hydrogen-bond donors (Lipinski definition) is 1. The minimum absolute atomic E-state index is 0.156. The molecular formula is C16H23NO3. The van der Waals surface area contributed by atoms with Crippen LogP contribution >= 0.6 is 0 Å². The second-order valence-corrected chi connectivity index (χ2v) is 5.22. The van der Waals surface area contributed by atoms with Crippen molar-refractivity contribution in [3.63, 3.8) is 0 Å². The van der Waals surface area contributed by atoms with E-state index in [4.69, 9.17) is 9.47 Å². The highest BCUT2D eigenvalue weighted by molar-refractivity contribution is 5.98. The standard InChI is InChI=1S/C16H23NO3/c1-19-13-4-5-14(16(11-13)20-2)15(18)6-3-12-7-9-17-10-8-12/h4-5,11-12,17H,3,6-10H2,1-2H3. The Bertz CT molecular complexity index is 453. The van der Waals surface area contributed by atoms with Crippen LogP contribution in [0.15, 0.2) is 18.2 Å². The minimum atomic E-state index is 0.156. The van der Waals surface area contributed by atoms with E-state index in [-0.39, 0.29) is 5.78 Å². The quantitative estimate of drug-likeness (QED) is 0.812. The fourth-order valence-corrected chi connectivity index (χ4v) is 2.67. The minimum Gasteiger partial charge on any atom is -0.497 e. The van der Waals surface area contributed by atoms with Crippen LogP contribution < -0.4 is 14.8 Å². The lowest BCUT2D eigenvalue weighted by molar-refractivity contribution is 0.0968. The molecule has 1 saturated heterocycles. The summed E-state index contributed by atoms with van der Waals surface area (Å²) in [6.45, 7) is 2.15. The van der Waals surface area contributed by atoms with Gasteiger partial charge in [-0.1, -0.05) is 0 Å². The van der Waals surface area contributed by atoms with Crippen molar-refractivity contribution in [2.45, 2.75) is 25.7 Å². The number of piperidine rings is 1. The second-order valence-electron chi connectivity index (χ2n) is 5.22. The zero-order chi connectivity index (χ0) is 14.4. The molecule has 4 heteroatoms. The molecule has 1 heterocycles. The molecule has 0 aromatic heterocycles. The molecule has 0 bridgehead atoms. The van der Waals surface area contributed by atoms with Crippen LogP contribution in [0.4, 0.5) is 0 Å². The number of rotatable bonds is 6. The molecule has 0 radical (unpaired) electrons. The van der Waals surface area contributed by atoms with Crippen molar-refractivity contribution in [1.82, 2.24) is 5.32 Å². The molecule has 4 nitrogen and oxygen atoms in total. The van der Waals surface area contributed by atoms with Gasteiger partial charge in [0.15, 0.2) is 5.78 Å². The van der Waals surface area contributed by atoms with Crippen molar-refractivity contribution in [3.05, 3.63) is 23.8 Å². The van der Waals surface area contributed by atoms with Crippen LogP contribution in [0.5, 0.6) is 11.5 Å². The van der Waals surface area contributed by atoms with Crippen LogP contribution in [0.3, 0.4) is 0 Å². The molecule has 110 valence electrons. The molecule has 0 unspecified atom stereocenters. The number of benzene rings is 1. The predicted molar refractivity (Wildman–Crippen MR) is 78.7 cm³/mol. The topological polar surface area (TPSA) is 47.6 Å². The normalized spacial score (nSPS) is 15.9. The van der Waals surface area contributed by atoms with Gasteiger partial charge in [-0.15, -0.1) is 0 Å². The number of ketones is 1. The van der Waals surface area contributed by atoms with E-state index in [0.717, 1.165) is 19.5 Å². The van der Waals surface area contributed by atoms with Crippen LogP contribution in [0, 0.1) is 5.92 Å². The molecule has 0 amide bonds. The van der Waals surface area contributed by atoms with Gasteiger partial charge >= 0.3 is 0 Å². The Kier molecular flexibility index (Phi) is 5.41. The van der Waals surface area contributed by atoms with Crippen LogP contribution in [-0.2, 0) is 0 Å². The summed E-state index contributed by atoms with van der Waals surface area (Å²) in [6, 6.07) is 5.36. The maximum Gasteiger partial charge on any atom is 0.166 e. The van der Waals surface area contributed by atoms with Gasteiger partial charge in [0.2, 0.25) is 0 Å². The van der Waals surface area contributed by atoms with E-state index in [1.54, 1.807) is 32.4 Å². The lowest BCUT2D eigenvalue weighted by atomic mass is 9.91. The summed E-state index contributed by atoms with van der Waals surface area (Å²) in [5.41, 5.74) is 0.655. The fourth-order valence-electron chi connectivity index (χ4n) is 2.67. The Hall–Kier alpha value is -1.55. The molecule has 20 heavy (non-hydrogen) atoms. The molecule has 0 atom stereocenters. The maximum absolute atomic E-state index is 12.3. The van der Waals surface area contributed by atoms with Gasteiger partial charge in [-0.3, -0.25) is 4.79 Å². The molecule has 1 aliphatic rings. The van der Waals surface area contributed by atoms with Crippen molar-refractivity contribution in [2.24, 2.45) is 5.92 Å². The Morgan fingerprint density at radius 3 is 2.65 bits per heavy atom. The molecule has 0 saturated carbocycles. The first-order valence-electron chi connectivity index (χ1n) is 7.20. The SMILES string of the molecule is COc1ccc(C(=O)CCC2CCNCC2)c(OC)c1. The van der Waals surface area contributed by atoms with Crippen LogP contribution in [0.1, 0.15) is 36.0 Å². The van der Waals surface area contributed by atoms with Crippen molar-refractivity contribution < 1.29 is 14.3 Å². The monoisotopic (exact) mass is 277 g/mol. The van der Waals surface area contributed by atoms with Crippen LogP contribution in [-0.4, -0.2) is 33.1 Å². The molecule has 1 fully saturated rings. The number of hydrogen-bond acceptors (Lipinski definition) is 4. The summed E-state index contributed by atoms with van der Waals surface area (Å²) >= 11 is 0. The molecule has 1 N–H and O–H groups in total. The Labute approximate surface area is 120 Å². The molecular weight excluding hydrogens is 254 g/mol. The second kappa shape index (κ2) is 7.29. The first-order chi connectivity index (χ1) is 9.74. The highest BCUT2D eigenvalue weighted by Crippen LogP contribution is 2.27. The lowest BCUT2D eigenvalue weighted by Gasteiger charge is -2.22. The van der Waals surface area contributed by atoms with E-state index in [9.17, 15) is 4.79 Å². The lowest BCUT2D eigenvalue weighted by Crippen LogP contribution is -2.28. The maximum atomic E-state index is 12.3. The first-order valence-corrected chi connectivity index (χ1v) is 7.20. The molecule has 1 aliphatic heterocycles. The number of methoxy groups -OCH3 is 2. The highest BCUT2D eigenvalue weighted by atomic mass is 16.5. The van der Waals surface area contributed by atoms with E-state index in [1.165, 1.54) is 12.8 Å². The van der Waals surface area contributed by atoms with E-state index in [0.29, 0.717) is 29.4 Å². The number of Topliss-reactive ketones (excluding diaryl/α,β-unsaturated/α-hetero) is 1. The van der Waals surface area contributed by atoms with Gasteiger partial charge in [0.1, 0.15) is 11.5 Å². The van der Waals surface area contributed by atoms with Gasteiger partial charge in [-0.25, -0.2) is 0 Å². The van der Waals surface area contributed by atoms with E-state index >= 15 is 0 Å². The third-order valence-electron chi connectivity index (χ3n) is 3.95. The summed E-state index contributed by atoms with van der Waals surface area (Å²) in [5.74, 6) is 2.13. The third-order valence-corrected chi connectivity index (χ3v) is 3.95.